The molecule has 1 aromatic rings. The summed E-state index contributed by atoms with van der Waals surface area (Å²) in [4.78, 5) is 15.9. The van der Waals surface area contributed by atoms with Crippen molar-refractivity contribution in [3.8, 4) is 0 Å². The average Bonchev–Trinajstić information content (AvgIpc) is 2.63. The van der Waals surface area contributed by atoms with Gasteiger partial charge in [0.2, 0.25) is 5.91 Å². The van der Waals surface area contributed by atoms with Crippen LogP contribution in [0.2, 0.25) is 0 Å². The summed E-state index contributed by atoms with van der Waals surface area (Å²) in [5.41, 5.74) is 0.866. The molecule has 1 rings (SSSR count). The molecule has 0 bridgehead atoms. The van der Waals surface area contributed by atoms with Crippen LogP contribution >= 0.6 is 11.3 Å². The van der Waals surface area contributed by atoms with Gasteiger partial charge in [-0.15, -0.1) is 11.3 Å². The first-order valence-corrected chi connectivity index (χ1v) is 6.73. The summed E-state index contributed by atoms with van der Waals surface area (Å²) in [5.74, 6) is 0.0313. The summed E-state index contributed by atoms with van der Waals surface area (Å²) in [5, 5.41) is 9.14. The minimum Gasteiger partial charge on any atom is -0.350 e. The van der Waals surface area contributed by atoms with Gasteiger partial charge in [-0.3, -0.25) is 4.79 Å². The number of carbonyl (C=O) groups excluding carboxylic acids is 1. The maximum Gasteiger partial charge on any atom is 0.234 e. The highest BCUT2D eigenvalue weighted by Gasteiger charge is 2.17. The normalized spacial score (nSPS) is 11.5. The molecule has 0 aromatic carbocycles. The van der Waals surface area contributed by atoms with E-state index in [1.54, 1.807) is 11.3 Å². The molecular weight excluding hydrogens is 234 g/mol. The molecule has 0 spiro atoms. The Morgan fingerprint density at radius 2 is 2.24 bits per heavy atom. The number of amides is 1. The van der Waals surface area contributed by atoms with Crippen LogP contribution in [-0.2, 0) is 11.3 Å². The fourth-order valence-electron chi connectivity index (χ4n) is 1.30. The van der Waals surface area contributed by atoms with E-state index in [0.717, 1.165) is 17.1 Å². The number of hydrogen-bond donors (Lipinski definition) is 2. The minimum absolute atomic E-state index is 0.0313. The lowest BCUT2D eigenvalue weighted by Gasteiger charge is -2.24. The number of thiazole rings is 1. The van der Waals surface area contributed by atoms with E-state index in [1.165, 1.54) is 0 Å². The Bertz CT molecular complexity index is 374. The van der Waals surface area contributed by atoms with E-state index in [1.807, 2.05) is 26.2 Å². The second-order valence-electron chi connectivity index (χ2n) is 4.75. The van der Waals surface area contributed by atoms with E-state index < -0.39 is 0 Å². The van der Waals surface area contributed by atoms with E-state index in [2.05, 4.69) is 22.5 Å². The third-order valence-corrected chi connectivity index (χ3v) is 3.44. The van der Waals surface area contributed by atoms with Gasteiger partial charge in [0.25, 0.3) is 0 Å². The Morgan fingerprint density at radius 3 is 2.76 bits per heavy atom. The summed E-state index contributed by atoms with van der Waals surface area (Å²) in [6.07, 6.45) is 0.921. The molecule has 0 aliphatic carbocycles. The Morgan fingerprint density at radius 1 is 1.53 bits per heavy atom. The molecule has 0 aliphatic rings. The molecule has 0 fully saturated rings. The van der Waals surface area contributed by atoms with Gasteiger partial charge < -0.3 is 10.6 Å². The van der Waals surface area contributed by atoms with Gasteiger partial charge in [-0.05, 0) is 27.2 Å². The molecule has 0 saturated carbocycles. The van der Waals surface area contributed by atoms with Crippen molar-refractivity contribution in [2.75, 3.05) is 6.54 Å². The quantitative estimate of drug-likeness (QED) is 0.815. The monoisotopic (exact) mass is 255 g/mol. The smallest absolute Gasteiger partial charge is 0.234 e. The van der Waals surface area contributed by atoms with Gasteiger partial charge in [0, 0.05) is 17.5 Å². The molecule has 96 valence electrons. The van der Waals surface area contributed by atoms with Gasteiger partial charge in [-0.25, -0.2) is 4.98 Å². The predicted molar refractivity (Wildman–Crippen MR) is 71.1 cm³/mol. The van der Waals surface area contributed by atoms with Crippen LogP contribution in [0.1, 0.15) is 37.9 Å². The van der Waals surface area contributed by atoms with Crippen molar-refractivity contribution in [1.82, 2.24) is 15.6 Å². The van der Waals surface area contributed by atoms with Gasteiger partial charge in [0.1, 0.15) is 0 Å². The van der Waals surface area contributed by atoms with E-state index in [4.69, 9.17) is 0 Å². The summed E-state index contributed by atoms with van der Waals surface area (Å²) in [6.45, 7) is 9.06. The Balaban J connectivity index is 2.25. The molecule has 1 heterocycles. The third-order valence-electron chi connectivity index (χ3n) is 2.62. The van der Waals surface area contributed by atoms with Crippen LogP contribution in [0.5, 0.6) is 0 Å². The fraction of sp³-hybridized carbons (Fsp3) is 0.667. The van der Waals surface area contributed by atoms with Crippen LogP contribution in [-0.4, -0.2) is 23.0 Å². The van der Waals surface area contributed by atoms with Gasteiger partial charge in [-0.2, -0.15) is 0 Å². The molecule has 4 nitrogen and oxygen atoms in total. The fourth-order valence-corrected chi connectivity index (χ4v) is 1.92. The number of hydrogen-bond acceptors (Lipinski definition) is 4. The zero-order valence-corrected chi connectivity index (χ0v) is 11.8. The number of nitrogens with zero attached hydrogens (tertiary/aromatic N) is 1. The largest absolute Gasteiger partial charge is 0.350 e. The second kappa shape index (κ2) is 6.12. The first-order valence-electron chi connectivity index (χ1n) is 5.85. The number of aryl methyl sites for hydroxylation is 1. The number of rotatable bonds is 6. The molecule has 0 radical (unpaired) electrons. The maximum absolute atomic E-state index is 11.6. The maximum atomic E-state index is 11.6. The Hall–Kier alpha value is -0.940. The highest BCUT2D eigenvalue weighted by atomic mass is 32.1. The van der Waals surface area contributed by atoms with Crippen molar-refractivity contribution in [2.45, 2.75) is 46.2 Å². The zero-order valence-electron chi connectivity index (χ0n) is 11.0. The average molecular weight is 255 g/mol. The molecule has 1 aromatic heterocycles. The first kappa shape index (κ1) is 14.1. The van der Waals surface area contributed by atoms with Gasteiger partial charge in [0.05, 0.1) is 17.2 Å². The Labute approximate surface area is 107 Å². The van der Waals surface area contributed by atoms with E-state index in [9.17, 15) is 4.79 Å². The van der Waals surface area contributed by atoms with Crippen LogP contribution in [0.3, 0.4) is 0 Å². The number of carbonyl (C=O) groups is 1. The van der Waals surface area contributed by atoms with Crippen LogP contribution in [0, 0.1) is 6.92 Å². The van der Waals surface area contributed by atoms with Gasteiger partial charge in [0.15, 0.2) is 0 Å². The summed E-state index contributed by atoms with van der Waals surface area (Å²) in [7, 11) is 0. The van der Waals surface area contributed by atoms with E-state index in [-0.39, 0.29) is 11.4 Å². The van der Waals surface area contributed by atoms with E-state index in [0.29, 0.717) is 13.1 Å². The molecular formula is C12H21N3OS. The minimum atomic E-state index is -0.129. The van der Waals surface area contributed by atoms with Crippen LogP contribution in [0.25, 0.3) is 0 Å². The van der Waals surface area contributed by atoms with Crippen molar-refractivity contribution >= 4 is 17.2 Å². The highest BCUT2D eigenvalue weighted by molar-refractivity contribution is 7.09. The molecule has 0 atom stereocenters. The van der Waals surface area contributed by atoms with Gasteiger partial charge in [-0.1, -0.05) is 6.92 Å². The highest BCUT2D eigenvalue weighted by Crippen LogP contribution is 2.07. The van der Waals surface area contributed by atoms with Crippen molar-refractivity contribution < 1.29 is 4.79 Å². The lowest BCUT2D eigenvalue weighted by Crippen LogP contribution is -2.46. The van der Waals surface area contributed by atoms with Gasteiger partial charge >= 0.3 is 0 Å². The summed E-state index contributed by atoms with van der Waals surface area (Å²) < 4.78 is 0. The summed E-state index contributed by atoms with van der Waals surface area (Å²) in [6, 6.07) is 0. The topological polar surface area (TPSA) is 54.0 Å². The van der Waals surface area contributed by atoms with E-state index >= 15 is 0 Å². The van der Waals surface area contributed by atoms with Crippen molar-refractivity contribution in [1.29, 1.82) is 0 Å². The molecule has 0 unspecified atom stereocenters. The number of aromatic nitrogens is 1. The molecule has 0 aliphatic heterocycles. The van der Waals surface area contributed by atoms with Crippen molar-refractivity contribution in [2.24, 2.45) is 0 Å². The van der Waals surface area contributed by atoms with Crippen LogP contribution in [0.15, 0.2) is 5.38 Å². The standard InChI is InChI=1S/C12H21N3OS/c1-5-12(3,4)15-11(16)7-13-6-10-8-17-9(2)14-10/h8,13H,5-7H2,1-4H3,(H,15,16). The molecule has 1 amide bonds. The Kier molecular flexibility index (Phi) is 5.08. The molecule has 17 heavy (non-hydrogen) atoms. The SMILES string of the molecule is CCC(C)(C)NC(=O)CNCc1csc(C)n1. The van der Waals surface area contributed by atoms with Crippen molar-refractivity contribution in [3.05, 3.63) is 16.1 Å². The zero-order chi connectivity index (χ0) is 12.9. The molecule has 0 saturated heterocycles. The lowest BCUT2D eigenvalue weighted by molar-refractivity contribution is -0.121. The lowest BCUT2D eigenvalue weighted by atomic mass is 10.0. The number of nitrogens with one attached hydrogen (secondary N) is 2. The third kappa shape index (κ3) is 5.28. The van der Waals surface area contributed by atoms with Crippen LogP contribution < -0.4 is 10.6 Å². The van der Waals surface area contributed by atoms with Crippen molar-refractivity contribution in [3.63, 3.8) is 0 Å². The molecule has 2 N–H and O–H groups in total. The molecule has 5 heteroatoms. The second-order valence-corrected chi connectivity index (χ2v) is 5.81. The van der Waals surface area contributed by atoms with Crippen LogP contribution in [0.4, 0.5) is 0 Å². The summed E-state index contributed by atoms with van der Waals surface area (Å²) >= 11 is 1.63. The predicted octanol–water partition coefficient (Wildman–Crippen LogP) is 1.85. The first-order chi connectivity index (χ1) is 7.93.